The van der Waals surface area contributed by atoms with Crippen molar-refractivity contribution in [3.05, 3.63) is 217 Å². The fourth-order valence-electron chi connectivity index (χ4n) is 13.9. The number of nitrogens with zero attached hydrogens (tertiary/aromatic N) is 2. The van der Waals surface area contributed by atoms with Gasteiger partial charge in [0.1, 0.15) is 11.2 Å². The van der Waals surface area contributed by atoms with Gasteiger partial charge >= 0.3 is 0 Å². The van der Waals surface area contributed by atoms with Crippen molar-refractivity contribution in [3.63, 3.8) is 0 Å². The molecule has 11 aromatic carbocycles. The molecule has 6 heterocycles. The maximum atomic E-state index is 7.34. The molecule has 0 radical (unpaired) electrons. The van der Waals surface area contributed by atoms with Crippen molar-refractivity contribution in [3.8, 4) is 22.3 Å². The van der Waals surface area contributed by atoms with Crippen molar-refractivity contribution in [1.29, 1.82) is 0 Å². The van der Waals surface area contributed by atoms with Gasteiger partial charge in [0.2, 0.25) is 0 Å². The Balaban J connectivity index is 0.939. The average molecular weight is 1120 g/mol. The summed E-state index contributed by atoms with van der Waals surface area (Å²) in [5.41, 5.74) is 18.3. The van der Waals surface area contributed by atoms with Crippen LogP contribution in [0.2, 0.25) is 0 Å². The molecule has 81 heavy (non-hydrogen) atoms. The Morgan fingerprint density at radius 3 is 1.62 bits per heavy atom. The predicted octanol–water partition coefficient (Wildman–Crippen LogP) is 23.1. The molecule has 1 unspecified atom stereocenters. The summed E-state index contributed by atoms with van der Waals surface area (Å²) in [5.74, 6) is 1.00. The number of hydrogen-bond donors (Lipinski definition) is 0. The minimum atomic E-state index is -1.65. The highest BCUT2D eigenvalue weighted by molar-refractivity contribution is 8.34. The number of thiophene rings is 2. The molecule has 4 nitrogen and oxygen atoms in total. The lowest BCUT2D eigenvalue weighted by Crippen LogP contribution is -2.12. The number of anilines is 6. The second kappa shape index (κ2) is 17.1. The van der Waals surface area contributed by atoms with Crippen LogP contribution in [0.15, 0.2) is 235 Å². The van der Waals surface area contributed by atoms with Crippen molar-refractivity contribution in [1.82, 2.24) is 0 Å². The lowest BCUT2D eigenvalue weighted by Gasteiger charge is -2.35. The first-order valence-corrected chi connectivity index (χ1v) is 34.1. The minimum absolute atomic E-state index is 0.895. The summed E-state index contributed by atoms with van der Waals surface area (Å²) in [6.45, 7) is 6.91. The largest absolute Gasteiger partial charge is 0.454 e. The van der Waals surface area contributed by atoms with E-state index >= 15 is 0 Å². The van der Waals surface area contributed by atoms with E-state index in [9.17, 15) is 0 Å². The van der Waals surface area contributed by atoms with Gasteiger partial charge in [0, 0.05) is 94.6 Å². The highest BCUT2D eigenvalue weighted by atomic mass is 32.3. The first-order valence-electron chi connectivity index (χ1n) is 27.8. The van der Waals surface area contributed by atoms with Gasteiger partial charge in [-0.05, 0) is 133 Å². The van der Waals surface area contributed by atoms with Crippen LogP contribution in [0.25, 0.3) is 106 Å². The number of aryl methyl sites for hydroxylation is 2. The molecule has 392 valence electrons. The van der Waals surface area contributed by atoms with Gasteiger partial charge in [0.25, 0.3) is 0 Å². The Bertz CT molecular complexity index is 5230. The zero-order chi connectivity index (χ0) is 54.2. The third-order valence-electron chi connectivity index (χ3n) is 17.9. The summed E-state index contributed by atoms with van der Waals surface area (Å²) >= 11 is 3.80. The molecule has 0 saturated heterocycles. The second-order valence-corrected chi connectivity index (χ2v) is 31.7. The van der Waals surface area contributed by atoms with Gasteiger partial charge in [-0.3, -0.25) is 0 Å². The van der Waals surface area contributed by atoms with Gasteiger partial charge in [0.15, 0.2) is 11.2 Å². The van der Waals surface area contributed by atoms with E-state index in [2.05, 4.69) is 256 Å². The van der Waals surface area contributed by atoms with E-state index in [0.717, 1.165) is 72.7 Å². The number of furan rings is 2. The zero-order valence-corrected chi connectivity index (χ0v) is 48.9. The average Bonchev–Trinajstić information content (AvgIpc) is 2.59. The summed E-state index contributed by atoms with van der Waals surface area (Å²) in [7, 11) is -3.28. The van der Waals surface area contributed by atoms with Crippen LogP contribution < -0.4 is 9.80 Å². The van der Waals surface area contributed by atoms with Gasteiger partial charge in [0.05, 0.1) is 32.1 Å². The van der Waals surface area contributed by atoms with Crippen LogP contribution in [0.1, 0.15) is 18.1 Å². The first kappa shape index (κ1) is 47.6. The molecule has 17 rings (SSSR count). The maximum absolute atomic E-state index is 7.34. The van der Waals surface area contributed by atoms with Crippen LogP contribution in [-0.2, 0) is 0 Å². The molecule has 0 spiro atoms. The molecule has 0 saturated carbocycles. The summed E-state index contributed by atoms with van der Waals surface area (Å²) < 4.78 is 19.4. The quantitative estimate of drug-likeness (QED) is 0.159. The fraction of sp³-hybridized carbons (Fsp3) is 0.0959. The van der Waals surface area contributed by atoms with Crippen LogP contribution >= 0.6 is 42.7 Å². The molecule has 0 fully saturated rings. The third-order valence-corrected chi connectivity index (χ3v) is 26.9. The zero-order valence-electron chi connectivity index (χ0n) is 45.7. The minimum Gasteiger partial charge on any atom is -0.454 e. The molecule has 0 bridgehead atoms. The van der Waals surface area contributed by atoms with Crippen LogP contribution in [0.5, 0.6) is 0 Å². The smallest absolute Gasteiger partial charge is 0.160 e. The lowest BCUT2D eigenvalue weighted by molar-refractivity contribution is 0.668. The molecule has 0 aliphatic carbocycles. The summed E-state index contributed by atoms with van der Waals surface area (Å²) in [6.07, 6.45) is 7.69. The van der Waals surface area contributed by atoms with E-state index in [1.807, 2.05) is 22.7 Å². The van der Waals surface area contributed by atoms with E-state index in [-0.39, 0.29) is 0 Å². The Morgan fingerprint density at radius 1 is 0.383 bits per heavy atom. The van der Waals surface area contributed by atoms with Gasteiger partial charge in [-0.1, -0.05) is 140 Å². The maximum Gasteiger partial charge on any atom is 0.160 e. The van der Waals surface area contributed by atoms with Crippen LogP contribution in [-0.4, -0.2) is 24.5 Å². The summed E-state index contributed by atoms with van der Waals surface area (Å²) in [5, 5.41) is 9.82. The van der Waals surface area contributed by atoms with E-state index in [4.69, 9.17) is 8.83 Å². The lowest BCUT2D eigenvalue weighted by atomic mass is 9.94. The number of rotatable bonds is 7. The number of para-hydroxylation sites is 5. The van der Waals surface area contributed by atoms with Gasteiger partial charge in [-0.15, -0.1) is 22.7 Å². The van der Waals surface area contributed by atoms with Crippen molar-refractivity contribution in [2.45, 2.75) is 40.4 Å². The van der Waals surface area contributed by atoms with Crippen LogP contribution in [0.4, 0.5) is 34.1 Å². The molecule has 1 atom stereocenters. The highest BCUT2D eigenvalue weighted by Crippen LogP contribution is 2.77. The van der Waals surface area contributed by atoms with E-state index in [1.165, 1.54) is 104 Å². The SMILES string of the molecule is CCS1(C)c2cc3c(cc2-c2c1cc(N(c1ccccc1C)c1cccc4c1oc1ccccc14)c1sc4ccccc4c21)S(C)(C)c1cc(N(c2ccccc2C)c2cccc4c2sc2ccccc24)c2oc4ccccc4c2c1-3. The fourth-order valence-corrected chi connectivity index (χ4v) is 21.7. The first-order chi connectivity index (χ1) is 39.6. The third kappa shape index (κ3) is 6.45. The molecule has 0 amide bonds. The Labute approximate surface area is 480 Å². The highest BCUT2D eigenvalue weighted by Gasteiger charge is 2.44. The standard InChI is InChI=1S/C73H54N2O2S4/c1-7-81(6)63-39-50-62(38-51(63)67-65(81)41-57(73-69(67)49-27-13-19-37-61(49)79-73)74(52-30-14-8-22-42(52)2)54-32-20-28-46-44-24-10-16-34-58(44)76-70(46)54)80(4,5)64-40-56(71-68(66(50)64)48-26-11-17-35-59(48)77-71)75(53-31-15-9-23-43(53)3)55-33-21-29-47-45-25-12-18-36-60(45)78-72(47)55/h8-41H,7H2,1-6H3. The molecule has 8 heteroatoms. The van der Waals surface area contributed by atoms with Gasteiger partial charge < -0.3 is 18.6 Å². The molecule has 4 aromatic heterocycles. The van der Waals surface area contributed by atoms with E-state index < -0.39 is 20.1 Å². The Kier molecular flexibility index (Phi) is 10.1. The molecule has 2 aliphatic rings. The number of hydrogen-bond acceptors (Lipinski definition) is 6. The predicted molar refractivity (Wildman–Crippen MR) is 353 cm³/mol. The van der Waals surface area contributed by atoms with Gasteiger partial charge in [-0.25, -0.2) is 0 Å². The number of fused-ring (bicyclic) bond motifs is 20. The molecular formula is C73H54N2O2S4. The van der Waals surface area contributed by atoms with Crippen LogP contribution in [0.3, 0.4) is 0 Å². The monoisotopic (exact) mass is 1120 g/mol. The molecule has 2 aliphatic heterocycles. The normalized spacial score (nSPS) is 16.4. The topological polar surface area (TPSA) is 32.8 Å². The van der Waals surface area contributed by atoms with Crippen LogP contribution in [0, 0.1) is 13.8 Å². The Morgan fingerprint density at radius 2 is 0.889 bits per heavy atom. The molecular weight excluding hydrogens is 1070 g/mol. The second-order valence-electron chi connectivity index (χ2n) is 22.4. The van der Waals surface area contributed by atoms with Crippen molar-refractivity contribution in [2.75, 3.05) is 34.3 Å². The molecule has 0 N–H and O–H groups in total. The number of benzene rings is 11. The Hall–Kier alpha value is -8.24. The van der Waals surface area contributed by atoms with Crippen molar-refractivity contribution >= 4 is 161 Å². The molecule has 15 aromatic rings. The summed E-state index contributed by atoms with van der Waals surface area (Å²) in [6, 6.07) is 76.9. The van der Waals surface area contributed by atoms with Gasteiger partial charge in [-0.2, -0.15) is 20.1 Å². The van der Waals surface area contributed by atoms with Crippen molar-refractivity contribution in [2.24, 2.45) is 0 Å². The van der Waals surface area contributed by atoms with E-state index in [0.29, 0.717) is 0 Å². The van der Waals surface area contributed by atoms with E-state index in [1.54, 1.807) is 0 Å². The summed E-state index contributed by atoms with van der Waals surface area (Å²) in [4.78, 5) is 10.8. The van der Waals surface area contributed by atoms with Crippen molar-refractivity contribution < 1.29 is 8.83 Å².